The molecule has 8 heteroatoms. The van der Waals surface area contributed by atoms with Crippen LogP contribution in [0.3, 0.4) is 0 Å². The Bertz CT molecular complexity index is 590. The molecular formula is C13H14Cl2N4O2. The van der Waals surface area contributed by atoms with E-state index in [0.29, 0.717) is 16.6 Å². The molecule has 0 N–H and O–H groups in total. The lowest BCUT2D eigenvalue weighted by atomic mass is 10.1. The first-order valence-corrected chi connectivity index (χ1v) is 6.90. The molecule has 1 heterocycles. The molecule has 0 radical (unpaired) electrons. The fourth-order valence-electron chi connectivity index (χ4n) is 1.76. The summed E-state index contributed by atoms with van der Waals surface area (Å²) in [6, 6.07) is 5.28. The number of hydrogen-bond acceptors (Lipinski definition) is 5. The molecule has 0 spiro atoms. The second-order valence-corrected chi connectivity index (χ2v) is 4.92. The summed E-state index contributed by atoms with van der Waals surface area (Å²) in [5.41, 5.74) is 0.822. The van der Waals surface area contributed by atoms with Crippen LogP contribution in [-0.2, 0) is 16.1 Å². The zero-order chi connectivity index (χ0) is 15.1. The van der Waals surface area contributed by atoms with Crippen LogP contribution < -0.4 is 0 Å². The van der Waals surface area contributed by atoms with Gasteiger partial charge in [0.1, 0.15) is 25.9 Å². The van der Waals surface area contributed by atoms with Crippen molar-refractivity contribution in [3.8, 4) is 0 Å². The van der Waals surface area contributed by atoms with Gasteiger partial charge in [0.25, 0.3) is 0 Å². The van der Waals surface area contributed by atoms with Crippen molar-refractivity contribution in [2.24, 2.45) is 5.16 Å². The molecule has 1 aromatic heterocycles. The van der Waals surface area contributed by atoms with Gasteiger partial charge in [0.2, 0.25) is 0 Å². The van der Waals surface area contributed by atoms with E-state index in [1.54, 1.807) is 23.1 Å². The standard InChI is InChI=1S/C13H14Cl2N4O2/c1-20-18-4-5-21-13(7-19-9-16-8-17-19)11-3-2-10(14)6-12(11)15/h2-4,6,8-9,13H,5,7H2,1H3. The number of oxime groups is 1. The van der Waals surface area contributed by atoms with Gasteiger partial charge in [-0.3, -0.25) is 4.68 Å². The van der Waals surface area contributed by atoms with Crippen molar-refractivity contribution in [1.82, 2.24) is 14.8 Å². The van der Waals surface area contributed by atoms with E-state index in [1.807, 2.05) is 6.07 Å². The highest BCUT2D eigenvalue weighted by atomic mass is 35.5. The number of ether oxygens (including phenoxy) is 1. The maximum absolute atomic E-state index is 6.24. The first-order chi connectivity index (χ1) is 10.2. The van der Waals surface area contributed by atoms with Crippen LogP contribution in [0.1, 0.15) is 11.7 Å². The molecule has 1 atom stereocenters. The fourth-order valence-corrected chi connectivity index (χ4v) is 2.29. The number of hydrogen-bond donors (Lipinski definition) is 0. The highest BCUT2D eigenvalue weighted by Gasteiger charge is 2.16. The van der Waals surface area contributed by atoms with Gasteiger partial charge in [0.15, 0.2) is 0 Å². The Morgan fingerprint density at radius 2 is 2.29 bits per heavy atom. The number of aromatic nitrogens is 3. The van der Waals surface area contributed by atoms with E-state index in [2.05, 4.69) is 20.1 Å². The van der Waals surface area contributed by atoms with E-state index < -0.39 is 0 Å². The third-order valence-corrected chi connectivity index (χ3v) is 3.24. The SMILES string of the molecule is CON=CCOC(Cn1cncn1)c1ccc(Cl)cc1Cl. The van der Waals surface area contributed by atoms with E-state index in [9.17, 15) is 0 Å². The fraction of sp³-hybridized carbons (Fsp3) is 0.308. The van der Waals surface area contributed by atoms with Gasteiger partial charge >= 0.3 is 0 Å². The van der Waals surface area contributed by atoms with E-state index in [0.717, 1.165) is 5.56 Å². The van der Waals surface area contributed by atoms with E-state index >= 15 is 0 Å². The van der Waals surface area contributed by atoms with Crippen molar-refractivity contribution < 1.29 is 9.57 Å². The number of halogens is 2. The molecule has 0 bridgehead atoms. The van der Waals surface area contributed by atoms with Crippen LogP contribution in [-0.4, -0.2) is 34.7 Å². The van der Waals surface area contributed by atoms with E-state index in [-0.39, 0.29) is 12.7 Å². The summed E-state index contributed by atoms with van der Waals surface area (Å²) in [6.07, 6.45) is 4.30. The quantitative estimate of drug-likeness (QED) is 0.579. The largest absolute Gasteiger partial charge is 0.399 e. The highest BCUT2D eigenvalue weighted by Crippen LogP contribution is 2.29. The second kappa shape index (κ2) is 7.97. The van der Waals surface area contributed by atoms with Gasteiger partial charge in [-0.2, -0.15) is 5.10 Å². The number of nitrogens with zero attached hydrogens (tertiary/aromatic N) is 4. The molecule has 6 nitrogen and oxygen atoms in total. The summed E-state index contributed by atoms with van der Waals surface area (Å²) in [6.45, 7) is 0.758. The Hall–Kier alpha value is -1.63. The molecule has 2 rings (SSSR count). The molecular weight excluding hydrogens is 315 g/mol. The van der Waals surface area contributed by atoms with Gasteiger partial charge in [0, 0.05) is 15.6 Å². The van der Waals surface area contributed by atoms with Crippen LogP contribution in [0.5, 0.6) is 0 Å². The monoisotopic (exact) mass is 328 g/mol. The average molecular weight is 329 g/mol. The molecule has 0 saturated carbocycles. The summed E-state index contributed by atoms with van der Waals surface area (Å²) in [7, 11) is 1.47. The minimum Gasteiger partial charge on any atom is -0.399 e. The lowest BCUT2D eigenvalue weighted by molar-refractivity contribution is 0.0648. The predicted molar refractivity (Wildman–Crippen MR) is 80.7 cm³/mol. The number of benzene rings is 1. The third kappa shape index (κ3) is 4.70. The molecule has 0 aliphatic carbocycles. The summed E-state index contributed by atoms with van der Waals surface area (Å²) in [5, 5.41) is 8.81. The van der Waals surface area contributed by atoms with Gasteiger partial charge in [-0.1, -0.05) is 34.4 Å². The van der Waals surface area contributed by atoms with E-state index in [1.165, 1.54) is 19.7 Å². The molecule has 1 unspecified atom stereocenters. The zero-order valence-electron chi connectivity index (χ0n) is 11.3. The highest BCUT2D eigenvalue weighted by molar-refractivity contribution is 6.35. The summed E-state index contributed by atoms with van der Waals surface area (Å²) in [4.78, 5) is 8.50. The van der Waals surface area contributed by atoms with Gasteiger partial charge in [0.05, 0.1) is 19.4 Å². The molecule has 0 amide bonds. The molecule has 0 aliphatic rings. The predicted octanol–water partition coefficient (Wildman–Crippen LogP) is 2.98. The molecule has 0 fully saturated rings. The van der Waals surface area contributed by atoms with Crippen LogP contribution >= 0.6 is 23.2 Å². The maximum atomic E-state index is 6.24. The zero-order valence-corrected chi connectivity index (χ0v) is 12.8. The number of rotatable bonds is 7. The van der Waals surface area contributed by atoms with Crippen molar-refractivity contribution in [2.75, 3.05) is 13.7 Å². The van der Waals surface area contributed by atoms with Crippen molar-refractivity contribution in [3.05, 3.63) is 46.5 Å². The summed E-state index contributed by atoms with van der Waals surface area (Å²) < 4.78 is 7.45. The second-order valence-electron chi connectivity index (χ2n) is 4.08. The van der Waals surface area contributed by atoms with Gasteiger partial charge in [-0.25, -0.2) is 4.98 Å². The Morgan fingerprint density at radius 3 is 2.95 bits per heavy atom. The Balaban J connectivity index is 2.15. The minimum atomic E-state index is -0.306. The van der Waals surface area contributed by atoms with Crippen LogP contribution in [0.2, 0.25) is 10.0 Å². The van der Waals surface area contributed by atoms with Crippen LogP contribution in [0, 0.1) is 0 Å². The van der Waals surface area contributed by atoms with Crippen molar-refractivity contribution in [2.45, 2.75) is 12.6 Å². The Labute approximate surface area is 132 Å². The first kappa shape index (κ1) is 15.8. The minimum absolute atomic E-state index is 0.284. The Morgan fingerprint density at radius 1 is 1.43 bits per heavy atom. The van der Waals surface area contributed by atoms with Crippen molar-refractivity contribution in [3.63, 3.8) is 0 Å². The van der Waals surface area contributed by atoms with Gasteiger partial charge in [-0.05, 0) is 12.1 Å². The normalized spacial score (nSPS) is 12.7. The van der Waals surface area contributed by atoms with Crippen LogP contribution in [0.25, 0.3) is 0 Å². The molecule has 0 aliphatic heterocycles. The average Bonchev–Trinajstić information content (AvgIpc) is 2.95. The molecule has 0 saturated heterocycles. The third-order valence-electron chi connectivity index (χ3n) is 2.68. The topological polar surface area (TPSA) is 61.5 Å². The first-order valence-electron chi connectivity index (χ1n) is 6.14. The summed E-state index contributed by atoms with van der Waals surface area (Å²) in [5.74, 6) is 0. The molecule has 1 aromatic carbocycles. The smallest absolute Gasteiger partial charge is 0.137 e. The van der Waals surface area contributed by atoms with Gasteiger partial charge < -0.3 is 9.57 Å². The van der Waals surface area contributed by atoms with Crippen molar-refractivity contribution in [1.29, 1.82) is 0 Å². The molecule has 21 heavy (non-hydrogen) atoms. The van der Waals surface area contributed by atoms with Crippen molar-refractivity contribution >= 4 is 29.4 Å². The lowest BCUT2D eigenvalue weighted by Crippen LogP contribution is -2.15. The molecule has 2 aromatic rings. The van der Waals surface area contributed by atoms with Crippen LogP contribution in [0.15, 0.2) is 36.0 Å². The Kier molecular flexibility index (Phi) is 5.98. The maximum Gasteiger partial charge on any atom is 0.137 e. The van der Waals surface area contributed by atoms with Gasteiger partial charge in [-0.15, -0.1) is 0 Å². The summed E-state index contributed by atoms with van der Waals surface area (Å²) >= 11 is 12.2. The molecule has 112 valence electrons. The van der Waals surface area contributed by atoms with Crippen LogP contribution in [0.4, 0.5) is 0 Å². The van der Waals surface area contributed by atoms with E-state index in [4.69, 9.17) is 27.9 Å². The lowest BCUT2D eigenvalue weighted by Gasteiger charge is -2.18.